The summed E-state index contributed by atoms with van der Waals surface area (Å²) < 4.78 is 10.1. The summed E-state index contributed by atoms with van der Waals surface area (Å²) in [7, 11) is 1.52. The highest BCUT2D eigenvalue weighted by molar-refractivity contribution is 5.47. The van der Waals surface area contributed by atoms with E-state index in [1.165, 1.54) is 7.11 Å². The molecule has 1 atom stereocenters. The van der Waals surface area contributed by atoms with E-state index < -0.39 is 6.10 Å². The number of rotatable bonds is 4. The zero-order valence-electron chi connectivity index (χ0n) is 12.0. The van der Waals surface area contributed by atoms with Crippen molar-refractivity contribution in [1.82, 2.24) is 20.3 Å². The van der Waals surface area contributed by atoms with Gasteiger partial charge in [0.15, 0.2) is 0 Å². The van der Waals surface area contributed by atoms with Gasteiger partial charge in [-0.3, -0.25) is 0 Å². The molecule has 2 rings (SSSR count). The molecule has 7 heteroatoms. The van der Waals surface area contributed by atoms with E-state index in [9.17, 15) is 5.11 Å². The monoisotopic (exact) mass is 278 g/mol. The summed E-state index contributed by atoms with van der Waals surface area (Å²) in [5.74, 6) is 1.14. The number of hydrogen-bond acceptors (Lipinski definition) is 7. The lowest BCUT2D eigenvalue weighted by Gasteiger charge is -2.24. The van der Waals surface area contributed by atoms with Crippen LogP contribution < -0.4 is 4.74 Å². The van der Waals surface area contributed by atoms with Gasteiger partial charge in [0.2, 0.25) is 17.6 Å². The Bertz CT molecular complexity index is 560. The van der Waals surface area contributed by atoms with Crippen molar-refractivity contribution in [1.29, 1.82) is 0 Å². The number of aliphatic hydroxyl groups excluding tert-OH is 1. The summed E-state index contributed by atoms with van der Waals surface area (Å²) in [4.78, 5) is 4.21. The first-order valence-electron chi connectivity index (χ1n) is 6.29. The molecule has 2 heterocycles. The Morgan fingerprint density at radius 1 is 1.30 bits per heavy atom. The van der Waals surface area contributed by atoms with Gasteiger partial charge in [0.25, 0.3) is 0 Å². The van der Waals surface area contributed by atoms with E-state index in [4.69, 9.17) is 9.26 Å². The minimum absolute atomic E-state index is 0.242. The molecule has 20 heavy (non-hydrogen) atoms. The first-order chi connectivity index (χ1) is 9.40. The molecule has 0 aliphatic carbocycles. The van der Waals surface area contributed by atoms with Gasteiger partial charge >= 0.3 is 0 Å². The number of ether oxygens (including phenoxy) is 1. The van der Waals surface area contributed by atoms with Crippen LogP contribution in [0.15, 0.2) is 16.7 Å². The molecule has 0 aliphatic heterocycles. The first kappa shape index (κ1) is 14.4. The molecule has 0 radical (unpaired) electrons. The predicted molar refractivity (Wildman–Crippen MR) is 71.0 cm³/mol. The van der Waals surface area contributed by atoms with E-state index in [2.05, 4.69) is 20.3 Å². The van der Waals surface area contributed by atoms with Crippen molar-refractivity contribution in [2.75, 3.05) is 7.11 Å². The Labute approximate surface area is 117 Å². The van der Waals surface area contributed by atoms with Gasteiger partial charge in [0.05, 0.1) is 19.6 Å². The molecule has 2 aromatic heterocycles. The fourth-order valence-electron chi connectivity index (χ4n) is 1.46. The fourth-order valence-corrected chi connectivity index (χ4v) is 1.46. The third kappa shape index (κ3) is 3.30. The molecule has 0 fully saturated rings. The molecule has 0 saturated heterocycles. The standard InChI is InChI=1S/C13H18N4O3/c1-13(2,3)9(18)7-11-14-12(17-20-11)8-5-6-10(19-4)16-15-8/h5-6,9,18H,7H2,1-4H3. The predicted octanol–water partition coefficient (Wildman–Crippen LogP) is 1.48. The van der Waals surface area contributed by atoms with Gasteiger partial charge in [-0.25, -0.2) is 0 Å². The highest BCUT2D eigenvalue weighted by atomic mass is 16.5. The van der Waals surface area contributed by atoms with Gasteiger partial charge in [-0.05, 0) is 11.5 Å². The van der Waals surface area contributed by atoms with Crippen molar-refractivity contribution in [2.45, 2.75) is 33.3 Å². The van der Waals surface area contributed by atoms with Crippen molar-refractivity contribution in [3.63, 3.8) is 0 Å². The van der Waals surface area contributed by atoms with Crippen LogP contribution in [0.25, 0.3) is 11.5 Å². The minimum Gasteiger partial charge on any atom is -0.480 e. The summed E-state index contributed by atoms with van der Waals surface area (Å²) in [5, 5.41) is 21.6. The molecule has 0 aliphatic rings. The first-order valence-corrected chi connectivity index (χ1v) is 6.29. The van der Waals surface area contributed by atoms with E-state index in [-0.39, 0.29) is 5.41 Å². The summed E-state index contributed by atoms with van der Waals surface area (Å²) in [6, 6.07) is 3.36. The van der Waals surface area contributed by atoms with Crippen molar-refractivity contribution >= 4 is 0 Å². The second-order valence-electron chi connectivity index (χ2n) is 5.56. The number of hydrogen-bond donors (Lipinski definition) is 1. The average molecular weight is 278 g/mol. The normalized spacial score (nSPS) is 13.2. The van der Waals surface area contributed by atoms with Crippen LogP contribution in [0.4, 0.5) is 0 Å². The van der Waals surface area contributed by atoms with Crippen molar-refractivity contribution in [2.24, 2.45) is 5.41 Å². The second kappa shape index (κ2) is 5.54. The van der Waals surface area contributed by atoms with Crippen LogP contribution in [-0.2, 0) is 6.42 Å². The number of aromatic nitrogens is 4. The summed E-state index contributed by atoms with van der Waals surface area (Å²) in [6.45, 7) is 5.84. The lowest BCUT2D eigenvalue weighted by atomic mass is 9.87. The van der Waals surface area contributed by atoms with Gasteiger partial charge in [0.1, 0.15) is 5.69 Å². The van der Waals surface area contributed by atoms with Gasteiger partial charge in [-0.2, -0.15) is 4.98 Å². The molecule has 7 nitrogen and oxygen atoms in total. The molecular weight excluding hydrogens is 260 g/mol. The Morgan fingerprint density at radius 3 is 2.60 bits per heavy atom. The van der Waals surface area contributed by atoms with Gasteiger partial charge in [0, 0.05) is 6.07 Å². The third-order valence-electron chi connectivity index (χ3n) is 2.91. The van der Waals surface area contributed by atoms with Crippen LogP contribution in [0.5, 0.6) is 5.88 Å². The van der Waals surface area contributed by atoms with E-state index in [1.807, 2.05) is 20.8 Å². The average Bonchev–Trinajstić information content (AvgIpc) is 2.86. The molecule has 1 N–H and O–H groups in total. The Kier molecular flexibility index (Phi) is 3.99. The van der Waals surface area contributed by atoms with Crippen LogP contribution in [-0.4, -0.2) is 38.7 Å². The van der Waals surface area contributed by atoms with Crippen LogP contribution in [0.3, 0.4) is 0 Å². The van der Waals surface area contributed by atoms with Crippen LogP contribution >= 0.6 is 0 Å². The number of aliphatic hydroxyl groups is 1. The Balaban J connectivity index is 2.12. The molecule has 0 amide bonds. The summed E-state index contributed by atoms with van der Waals surface area (Å²) in [5.41, 5.74) is 0.250. The molecule has 2 aromatic rings. The van der Waals surface area contributed by atoms with E-state index in [0.29, 0.717) is 29.7 Å². The number of nitrogens with zero attached hydrogens (tertiary/aromatic N) is 4. The maximum atomic E-state index is 10.0. The molecule has 1 unspecified atom stereocenters. The van der Waals surface area contributed by atoms with Crippen molar-refractivity contribution < 1.29 is 14.4 Å². The molecular formula is C13H18N4O3. The van der Waals surface area contributed by atoms with Gasteiger partial charge < -0.3 is 14.4 Å². The van der Waals surface area contributed by atoms with E-state index in [0.717, 1.165) is 0 Å². The van der Waals surface area contributed by atoms with Crippen molar-refractivity contribution in [3.8, 4) is 17.4 Å². The lowest BCUT2D eigenvalue weighted by molar-refractivity contribution is 0.0565. The molecule has 0 saturated carbocycles. The highest BCUT2D eigenvalue weighted by Gasteiger charge is 2.25. The van der Waals surface area contributed by atoms with Crippen LogP contribution in [0.1, 0.15) is 26.7 Å². The molecule has 0 bridgehead atoms. The molecule has 108 valence electrons. The number of methoxy groups -OCH3 is 1. The second-order valence-corrected chi connectivity index (χ2v) is 5.56. The van der Waals surface area contributed by atoms with Gasteiger partial charge in [-0.1, -0.05) is 25.9 Å². The van der Waals surface area contributed by atoms with E-state index >= 15 is 0 Å². The van der Waals surface area contributed by atoms with Crippen molar-refractivity contribution in [3.05, 3.63) is 18.0 Å². The van der Waals surface area contributed by atoms with Crippen LogP contribution in [0, 0.1) is 5.41 Å². The summed E-state index contributed by atoms with van der Waals surface area (Å²) >= 11 is 0. The highest BCUT2D eigenvalue weighted by Crippen LogP contribution is 2.22. The minimum atomic E-state index is -0.558. The Hall–Kier alpha value is -2.02. The van der Waals surface area contributed by atoms with E-state index in [1.54, 1.807) is 12.1 Å². The topological polar surface area (TPSA) is 94.2 Å². The Morgan fingerprint density at radius 2 is 2.05 bits per heavy atom. The largest absolute Gasteiger partial charge is 0.480 e. The van der Waals surface area contributed by atoms with Crippen LogP contribution in [0.2, 0.25) is 0 Å². The molecule has 0 spiro atoms. The fraction of sp³-hybridized carbons (Fsp3) is 0.538. The third-order valence-corrected chi connectivity index (χ3v) is 2.91. The summed E-state index contributed by atoms with van der Waals surface area (Å²) in [6.07, 6.45) is -0.252. The maximum absolute atomic E-state index is 10.0. The smallest absolute Gasteiger partial charge is 0.233 e. The SMILES string of the molecule is COc1ccc(-c2noc(CC(O)C(C)(C)C)n2)nn1. The molecule has 0 aromatic carbocycles. The quantitative estimate of drug-likeness (QED) is 0.905. The maximum Gasteiger partial charge on any atom is 0.233 e. The zero-order valence-corrected chi connectivity index (χ0v) is 12.0. The lowest BCUT2D eigenvalue weighted by Crippen LogP contribution is -2.28. The van der Waals surface area contributed by atoms with Gasteiger partial charge in [-0.15, -0.1) is 10.2 Å². The zero-order chi connectivity index (χ0) is 14.8.